The number of unbranched alkanes of at least 4 members (excludes halogenated alkanes) is 1. The Morgan fingerprint density at radius 1 is 0.914 bits per heavy atom. The molecule has 35 heavy (non-hydrogen) atoms. The Kier molecular flexibility index (Phi) is 12.6. The Hall–Kier alpha value is -3.66. The SMILES string of the molecule is O=NN(CCCl)C(=O)NCCCCC(NC(=O)OCc1ccccc1)C(=O)OCc1ccccc1. The first-order valence-corrected chi connectivity index (χ1v) is 11.7. The summed E-state index contributed by atoms with van der Waals surface area (Å²) in [5.41, 5.74) is 1.63. The molecule has 0 aliphatic heterocycles. The number of hydrogen-bond acceptors (Lipinski definition) is 7. The molecule has 0 radical (unpaired) electrons. The number of nitroso groups, excluding NO2 is 1. The van der Waals surface area contributed by atoms with Crippen LogP contribution in [0.3, 0.4) is 0 Å². The summed E-state index contributed by atoms with van der Waals surface area (Å²) in [4.78, 5) is 47.5. The Morgan fingerprint density at radius 2 is 1.51 bits per heavy atom. The second kappa shape index (κ2) is 16.0. The molecule has 0 aliphatic rings. The number of nitrogens with one attached hydrogen (secondary N) is 2. The number of halogens is 1. The standard InChI is InChI=1S/C24H29ClN4O6/c25-14-16-29(28-33)23(31)26-15-8-7-13-21(22(30)34-17-19-9-3-1-4-10-19)27-24(32)35-18-20-11-5-2-6-12-20/h1-6,9-12,21H,7-8,13-18H2,(H,26,31)(H,27,32). The highest BCUT2D eigenvalue weighted by Gasteiger charge is 2.23. The molecule has 10 nitrogen and oxygen atoms in total. The Balaban J connectivity index is 1.84. The van der Waals surface area contributed by atoms with Crippen LogP contribution in [-0.2, 0) is 27.5 Å². The van der Waals surface area contributed by atoms with Crippen molar-refractivity contribution in [3.05, 3.63) is 76.7 Å². The second-order valence-electron chi connectivity index (χ2n) is 7.47. The highest BCUT2D eigenvalue weighted by molar-refractivity contribution is 6.18. The highest BCUT2D eigenvalue weighted by atomic mass is 35.5. The Bertz CT molecular complexity index is 932. The van der Waals surface area contributed by atoms with Crippen LogP contribution >= 0.6 is 11.6 Å². The van der Waals surface area contributed by atoms with Gasteiger partial charge in [0.25, 0.3) is 0 Å². The van der Waals surface area contributed by atoms with Gasteiger partial charge in [-0.1, -0.05) is 60.7 Å². The summed E-state index contributed by atoms with van der Waals surface area (Å²) in [7, 11) is 0. The molecule has 1 unspecified atom stereocenters. The van der Waals surface area contributed by atoms with Gasteiger partial charge >= 0.3 is 18.1 Å². The lowest BCUT2D eigenvalue weighted by Gasteiger charge is -2.18. The molecule has 0 bridgehead atoms. The van der Waals surface area contributed by atoms with Crippen molar-refractivity contribution in [2.75, 3.05) is 19.0 Å². The van der Waals surface area contributed by atoms with Crippen LogP contribution in [0.25, 0.3) is 0 Å². The van der Waals surface area contributed by atoms with Gasteiger partial charge in [-0.3, -0.25) is 0 Å². The van der Waals surface area contributed by atoms with Gasteiger partial charge in [-0.2, -0.15) is 5.01 Å². The topological polar surface area (TPSA) is 126 Å². The fourth-order valence-electron chi connectivity index (χ4n) is 3.00. The first kappa shape index (κ1) is 27.6. The number of urea groups is 1. The van der Waals surface area contributed by atoms with Gasteiger partial charge < -0.3 is 20.1 Å². The van der Waals surface area contributed by atoms with Crippen molar-refractivity contribution < 1.29 is 23.9 Å². The van der Waals surface area contributed by atoms with Crippen molar-refractivity contribution in [2.45, 2.75) is 38.5 Å². The predicted molar refractivity (Wildman–Crippen MR) is 130 cm³/mol. The smallest absolute Gasteiger partial charge is 0.408 e. The van der Waals surface area contributed by atoms with E-state index in [1.54, 1.807) is 0 Å². The van der Waals surface area contributed by atoms with Crippen molar-refractivity contribution in [1.82, 2.24) is 15.6 Å². The van der Waals surface area contributed by atoms with Crippen molar-refractivity contribution in [1.29, 1.82) is 0 Å². The maximum absolute atomic E-state index is 12.7. The Labute approximate surface area is 208 Å². The number of hydrogen-bond donors (Lipinski definition) is 2. The zero-order chi connectivity index (χ0) is 25.3. The summed E-state index contributed by atoms with van der Waals surface area (Å²) in [5.74, 6) is -0.508. The van der Waals surface area contributed by atoms with E-state index < -0.39 is 24.1 Å². The lowest BCUT2D eigenvalue weighted by atomic mass is 10.1. The number of carbonyl (C=O) groups is 3. The van der Waals surface area contributed by atoms with Gasteiger partial charge in [0, 0.05) is 12.4 Å². The van der Waals surface area contributed by atoms with Gasteiger partial charge in [-0.05, 0) is 30.4 Å². The van der Waals surface area contributed by atoms with Crippen molar-refractivity contribution >= 4 is 29.7 Å². The van der Waals surface area contributed by atoms with Gasteiger partial charge in [0.05, 0.1) is 11.8 Å². The number of carbonyl (C=O) groups excluding carboxylic acids is 3. The van der Waals surface area contributed by atoms with E-state index in [2.05, 4.69) is 15.9 Å². The van der Waals surface area contributed by atoms with Gasteiger partial charge in [0.1, 0.15) is 19.3 Å². The van der Waals surface area contributed by atoms with Crippen LogP contribution in [0, 0.1) is 4.91 Å². The second-order valence-corrected chi connectivity index (χ2v) is 7.85. The minimum Gasteiger partial charge on any atom is -0.459 e. The number of amides is 3. The van der Waals surface area contributed by atoms with E-state index in [1.165, 1.54) is 0 Å². The lowest BCUT2D eigenvalue weighted by Crippen LogP contribution is -2.42. The molecule has 0 fully saturated rings. The molecule has 0 aliphatic carbocycles. The van der Waals surface area contributed by atoms with Gasteiger partial charge in [0.2, 0.25) is 0 Å². The van der Waals surface area contributed by atoms with Crippen LogP contribution in [-0.4, -0.2) is 48.1 Å². The van der Waals surface area contributed by atoms with E-state index >= 15 is 0 Å². The summed E-state index contributed by atoms with van der Waals surface area (Å²) in [6.45, 7) is 0.384. The lowest BCUT2D eigenvalue weighted by molar-refractivity contribution is -0.147. The third-order valence-corrected chi connectivity index (χ3v) is 5.01. The van der Waals surface area contributed by atoms with Crippen LogP contribution in [0.5, 0.6) is 0 Å². The number of benzene rings is 2. The third-order valence-electron chi connectivity index (χ3n) is 4.84. The molecule has 2 aromatic carbocycles. The largest absolute Gasteiger partial charge is 0.459 e. The zero-order valence-corrected chi connectivity index (χ0v) is 20.0. The molecule has 11 heteroatoms. The molecule has 0 saturated carbocycles. The van der Waals surface area contributed by atoms with E-state index in [1.807, 2.05) is 60.7 Å². The van der Waals surface area contributed by atoms with Crippen LogP contribution in [0.15, 0.2) is 65.9 Å². The Morgan fingerprint density at radius 3 is 2.09 bits per heavy atom. The molecule has 0 heterocycles. The zero-order valence-electron chi connectivity index (χ0n) is 19.2. The fraction of sp³-hybridized carbons (Fsp3) is 0.375. The number of esters is 1. The van der Waals surface area contributed by atoms with Crippen molar-refractivity contribution in [3.63, 3.8) is 0 Å². The van der Waals surface area contributed by atoms with E-state index in [4.69, 9.17) is 21.1 Å². The van der Waals surface area contributed by atoms with E-state index in [9.17, 15) is 19.3 Å². The van der Waals surface area contributed by atoms with E-state index in [-0.39, 0.29) is 38.6 Å². The quantitative estimate of drug-likeness (QED) is 0.131. The maximum Gasteiger partial charge on any atom is 0.408 e. The van der Waals surface area contributed by atoms with Crippen molar-refractivity contribution in [3.8, 4) is 0 Å². The van der Waals surface area contributed by atoms with Gasteiger partial charge in [0.15, 0.2) is 0 Å². The molecule has 0 saturated heterocycles. The molecule has 3 amide bonds. The minimum atomic E-state index is -0.929. The van der Waals surface area contributed by atoms with E-state index in [0.29, 0.717) is 17.9 Å². The minimum absolute atomic E-state index is 0.00122. The van der Waals surface area contributed by atoms with Gasteiger partial charge in [-0.25, -0.2) is 14.4 Å². The monoisotopic (exact) mass is 504 g/mol. The molecular formula is C24H29ClN4O6. The number of rotatable bonds is 14. The first-order valence-electron chi connectivity index (χ1n) is 11.2. The molecule has 2 rings (SSSR count). The van der Waals surface area contributed by atoms with Crippen LogP contribution < -0.4 is 10.6 Å². The summed E-state index contributed by atoms with van der Waals surface area (Å²) in [6.07, 6.45) is 0.496. The number of nitrogens with zero attached hydrogens (tertiary/aromatic N) is 2. The van der Waals surface area contributed by atoms with Crippen LogP contribution in [0.1, 0.15) is 30.4 Å². The number of ether oxygens (including phenoxy) is 2. The highest BCUT2D eigenvalue weighted by Crippen LogP contribution is 2.08. The van der Waals surface area contributed by atoms with Crippen LogP contribution in [0.4, 0.5) is 9.59 Å². The fourth-order valence-corrected chi connectivity index (χ4v) is 3.16. The normalized spacial score (nSPS) is 11.1. The summed E-state index contributed by atoms with van der Waals surface area (Å²) in [5, 5.41) is 8.42. The first-order chi connectivity index (χ1) is 17.0. The van der Waals surface area contributed by atoms with Crippen molar-refractivity contribution in [2.24, 2.45) is 5.29 Å². The summed E-state index contributed by atoms with van der Waals surface area (Å²) in [6, 6.07) is 16.8. The average Bonchev–Trinajstić information content (AvgIpc) is 2.89. The molecule has 2 aromatic rings. The van der Waals surface area contributed by atoms with Gasteiger partial charge in [-0.15, -0.1) is 16.5 Å². The molecule has 0 aromatic heterocycles. The summed E-state index contributed by atoms with van der Waals surface area (Å²) < 4.78 is 10.6. The number of alkyl carbamates (subject to hydrolysis) is 1. The third kappa shape index (κ3) is 10.9. The average molecular weight is 505 g/mol. The van der Waals surface area contributed by atoms with E-state index in [0.717, 1.165) is 11.1 Å². The molecule has 188 valence electrons. The number of alkyl halides is 1. The molecule has 1 atom stereocenters. The molecule has 2 N–H and O–H groups in total. The maximum atomic E-state index is 12.7. The molecular weight excluding hydrogens is 476 g/mol. The van der Waals surface area contributed by atoms with Crippen LogP contribution in [0.2, 0.25) is 0 Å². The molecule has 0 spiro atoms. The summed E-state index contributed by atoms with van der Waals surface area (Å²) >= 11 is 5.52. The predicted octanol–water partition coefficient (Wildman–Crippen LogP) is 4.13.